The van der Waals surface area contributed by atoms with Gasteiger partial charge in [-0.3, -0.25) is 4.79 Å². The molecular formula is C21H24FNO4S. The van der Waals surface area contributed by atoms with Gasteiger partial charge in [0.25, 0.3) is 5.91 Å². The van der Waals surface area contributed by atoms with Crippen molar-refractivity contribution < 1.29 is 23.8 Å². The smallest absolute Gasteiger partial charge is 0.286 e. The van der Waals surface area contributed by atoms with Crippen LogP contribution in [0.3, 0.4) is 0 Å². The Balaban J connectivity index is 1.65. The van der Waals surface area contributed by atoms with Crippen LogP contribution in [0.15, 0.2) is 53.6 Å². The minimum Gasteiger partial charge on any atom is -0.459 e. The normalized spacial score (nSPS) is 19.0. The first-order valence-electron chi connectivity index (χ1n) is 9.33. The van der Waals surface area contributed by atoms with E-state index in [9.17, 15) is 9.18 Å². The molecule has 0 radical (unpaired) electrons. The fourth-order valence-corrected chi connectivity index (χ4v) is 3.76. The summed E-state index contributed by atoms with van der Waals surface area (Å²) in [6.07, 6.45) is 3.26. The molecule has 7 heteroatoms. The molecule has 0 bridgehead atoms. The Labute approximate surface area is 167 Å². The van der Waals surface area contributed by atoms with Gasteiger partial charge in [-0.2, -0.15) is 0 Å². The number of nitrogens with one attached hydrogen (secondary N) is 1. The summed E-state index contributed by atoms with van der Waals surface area (Å²) in [4.78, 5) is 13.7. The van der Waals surface area contributed by atoms with Gasteiger partial charge >= 0.3 is 0 Å². The predicted molar refractivity (Wildman–Crippen MR) is 105 cm³/mol. The maximum Gasteiger partial charge on any atom is 0.286 e. The Hall–Kier alpha value is -2.22. The van der Waals surface area contributed by atoms with Crippen LogP contribution in [-0.4, -0.2) is 30.5 Å². The highest BCUT2D eigenvalue weighted by atomic mass is 32.1. The Morgan fingerprint density at radius 1 is 1.29 bits per heavy atom. The van der Waals surface area contributed by atoms with E-state index < -0.39 is 12.2 Å². The molecule has 0 unspecified atom stereocenters. The summed E-state index contributed by atoms with van der Waals surface area (Å²) >= 11 is 1.62. The van der Waals surface area contributed by atoms with Gasteiger partial charge in [0.05, 0.1) is 6.61 Å². The zero-order chi connectivity index (χ0) is 19.8. The molecular weight excluding hydrogens is 381 g/mol. The van der Waals surface area contributed by atoms with Gasteiger partial charge in [-0.1, -0.05) is 24.3 Å². The third-order valence-electron chi connectivity index (χ3n) is 4.44. The van der Waals surface area contributed by atoms with Gasteiger partial charge in [-0.15, -0.1) is 11.3 Å². The standard InChI is InChI=1S/C21H24FNO4S/c22-17-7-2-1-6-15(17)14-23-21(25)18-12-16(19-8-5-11-28-19)13-20(27-18)26-10-4-3-9-24/h1-2,5-8,11-12,16,20,24H,3-4,9-10,13-14H2,(H,23,25)/t16-,20+/m1/s1. The minimum absolute atomic E-state index is 0.0193. The molecule has 3 rings (SSSR count). The molecule has 28 heavy (non-hydrogen) atoms. The van der Waals surface area contributed by atoms with Crippen LogP contribution in [-0.2, 0) is 20.8 Å². The van der Waals surface area contributed by atoms with Crippen LogP contribution in [0.1, 0.15) is 35.6 Å². The van der Waals surface area contributed by atoms with E-state index in [4.69, 9.17) is 14.6 Å². The zero-order valence-corrected chi connectivity index (χ0v) is 16.3. The lowest BCUT2D eigenvalue weighted by Crippen LogP contribution is -2.32. The van der Waals surface area contributed by atoms with Crippen molar-refractivity contribution in [2.75, 3.05) is 13.2 Å². The van der Waals surface area contributed by atoms with Gasteiger partial charge in [0.1, 0.15) is 5.82 Å². The van der Waals surface area contributed by atoms with Gasteiger partial charge in [0.2, 0.25) is 6.29 Å². The van der Waals surface area contributed by atoms with Crippen LogP contribution in [0.5, 0.6) is 0 Å². The second kappa shape index (κ2) is 10.4. The number of unbranched alkanes of at least 4 members (excludes halogenated alkanes) is 1. The van der Waals surface area contributed by atoms with Crippen LogP contribution < -0.4 is 5.32 Å². The third-order valence-corrected chi connectivity index (χ3v) is 5.45. The van der Waals surface area contributed by atoms with Crippen LogP contribution in [0, 0.1) is 5.82 Å². The summed E-state index contributed by atoms with van der Waals surface area (Å²) in [5, 5.41) is 13.6. The number of thiophene rings is 1. The molecule has 1 aromatic heterocycles. The Morgan fingerprint density at radius 3 is 2.89 bits per heavy atom. The molecule has 0 aliphatic carbocycles. The number of carbonyl (C=O) groups is 1. The van der Waals surface area contributed by atoms with Crippen molar-refractivity contribution >= 4 is 17.2 Å². The first-order chi connectivity index (χ1) is 13.7. The Morgan fingerprint density at radius 2 is 2.14 bits per heavy atom. The average molecular weight is 405 g/mol. The van der Waals surface area contributed by atoms with Crippen molar-refractivity contribution in [3.8, 4) is 0 Å². The van der Waals surface area contributed by atoms with Gasteiger partial charge in [0, 0.05) is 35.9 Å². The summed E-state index contributed by atoms with van der Waals surface area (Å²) in [7, 11) is 0. The highest BCUT2D eigenvalue weighted by Gasteiger charge is 2.29. The molecule has 0 fully saturated rings. The number of carbonyl (C=O) groups excluding carboxylic acids is 1. The molecule has 1 amide bonds. The summed E-state index contributed by atoms with van der Waals surface area (Å²) in [6, 6.07) is 10.3. The third kappa shape index (κ3) is 5.64. The average Bonchev–Trinajstić information content (AvgIpc) is 3.25. The van der Waals surface area contributed by atoms with Crippen molar-refractivity contribution in [1.29, 1.82) is 0 Å². The van der Waals surface area contributed by atoms with Gasteiger partial charge in [-0.05, 0) is 36.4 Å². The minimum atomic E-state index is -0.537. The number of aliphatic hydroxyl groups is 1. The number of rotatable bonds is 9. The van der Waals surface area contributed by atoms with Crippen molar-refractivity contribution in [2.24, 2.45) is 0 Å². The number of hydrogen-bond donors (Lipinski definition) is 2. The van der Waals surface area contributed by atoms with Gasteiger partial charge < -0.3 is 19.9 Å². The number of ether oxygens (including phenoxy) is 2. The zero-order valence-electron chi connectivity index (χ0n) is 15.5. The molecule has 2 heterocycles. The van der Waals surface area contributed by atoms with Crippen molar-refractivity contribution in [3.05, 3.63) is 69.9 Å². The number of hydrogen-bond acceptors (Lipinski definition) is 5. The highest BCUT2D eigenvalue weighted by molar-refractivity contribution is 7.10. The molecule has 0 spiro atoms. The highest BCUT2D eigenvalue weighted by Crippen LogP contribution is 2.33. The lowest BCUT2D eigenvalue weighted by Gasteiger charge is -2.28. The fourth-order valence-electron chi connectivity index (χ4n) is 2.95. The van der Waals surface area contributed by atoms with Gasteiger partial charge in [0.15, 0.2) is 5.76 Å². The van der Waals surface area contributed by atoms with E-state index in [1.54, 1.807) is 35.6 Å². The number of amides is 1. The molecule has 1 aliphatic rings. The Kier molecular flexibility index (Phi) is 7.59. The molecule has 0 saturated carbocycles. The molecule has 1 aliphatic heterocycles. The van der Waals surface area contributed by atoms with Gasteiger partial charge in [-0.25, -0.2) is 4.39 Å². The summed E-state index contributed by atoms with van der Waals surface area (Å²) < 4.78 is 25.3. The maximum absolute atomic E-state index is 13.8. The molecule has 5 nitrogen and oxygen atoms in total. The van der Waals surface area contributed by atoms with Crippen LogP contribution in [0.2, 0.25) is 0 Å². The number of aliphatic hydroxyl groups excluding tert-OH is 1. The number of halogens is 1. The first-order valence-corrected chi connectivity index (χ1v) is 10.2. The predicted octanol–water partition coefficient (Wildman–Crippen LogP) is 3.71. The number of benzene rings is 1. The van der Waals surface area contributed by atoms with Crippen molar-refractivity contribution in [1.82, 2.24) is 5.32 Å². The van der Waals surface area contributed by atoms with Crippen LogP contribution in [0.25, 0.3) is 0 Å². The Bertz CT molecular complexity index is 793. The van der Waals surface area contributed by atoms with E-state index in [1.807, 2.05) is 17.5 Å². The molecule has 1 aromatic carbocycles. The molecule has 0 saturated heterocycles. The summed E-state index contributed by atoms with van der Waals surface area (Å²) in [5.74, 6) is -0.546. The van der Waals surface area contributed by atoms with E-state index in [0.29, 0.717) is 25.0 Å². The second-order valence-corrected chi connectivity index (χ2v) is 7.49. The van der Waals surface area contributed by atoms with Crippen molar-refractivity contribution in [2.45, 2.75) is 38.0 Å². The van der Waals surface area contributed by atoms with Crippen LogP contribution in [0.4, 0.5) is 4.39 Å². The van der Waals surface area contributed by atoms with E-state index in [-0.39, 0.29) is 30.6 Å². The monoisotopic (exact) mass is 405 g/mol. The fraction of sp³-hybridized carbons (Fsp3) is 0.381. The van der Waals surface area contributed by atoms with E-state index in [0.717, 1.165) is 11.3 Å². The van der Waals surface area contributed by atoms with E-state index in [1.165, 1.54) is 6.07 Å². The SMILES string of the molecule is O=C(NCc1ccccc1F)C1=C[C@@H](c2cccs2)C[C@@H](OCCCCO)O1. The maximum atomic E-state index is 13.8. The molecule has 2 aromatic rings. The lowest BCUT2D eigenvalue weighted by atomic mass is 9.99. The first kappa shape index (κ1) is 20.5. The summed E-state index contributed by atoms with van der Waals surface area (Å²) in [5.41, 5.74) is 0.416. The lowest BCUT2D eigenvalue weighted by molar-refractivity contribution is -0.146. The second-order valence-electron chi connectivity index (χ2n) is 6.51. The molecule has 2 N–H and O–H groups in total. The van der Waals surface area contributed by atoms with Crippen molar-refractivity contribution in [3.63, 3.8) is 0 Å². The number of allylic oxidation sites excluding steroid dienone is 1. The molecule has 150 valence electrons. The van der Waals surface area contributed by atoms with Crippen LogP contribution >= 0.6 is 11.3 Å². The topological polar surface area (TPSA) is 67.8 Å². The quantitative estimate of drug-likeness (QED) is 0.624. The molecule has 2 atom stereocenters. The van der Waals surface area contributed by atoms with E-state index in [2.05, 4.69) is 5.32 Å². The van der Waals surface area contributed by atoms with E-state index >= 15 is 0 Å². The summed E-state index contributed by atoms with van der Waals surface area (Å²) in [6.45, 7) is 0.653. The largest absolute Gasteiger partial charge is 0.459 e.